The number of hydrogen-bond donors (Lipinski definition) is 2. The number of rotatable bonds is 4. The summed E-state index contributed by atoms with van der Waals surface area (Å²) in [5.41, 5.74) is 3.92. The molecule has 2 aromatic rings. The molecule has 0 aliphatic carbocycles. The maximum atomic E-state index is 10.1. The van der Waals surface area contributed by atoms with Gasteiger partial charge in [0.1, 0.15) is 11.5 Å². The molecule has 0 atom stereocenters. The zero-order chi connectivity index (χ0) is 15.2. The molecule has 2 N–H and O–H groups in total. The molecule has 0 spiro atoms. The van der Waals surface area contributed by atoms with Crippen LogP contribution in [0.4, 0.5) is 0 Å². The van der Waals surface area contributed by atoms with Crippen molar-refractivity contribution in [2.45, 2.75) is 20.3 Å². The van der Waals surface area contributed by atoms with E-state index in [2.05, 4.69) is 6.08 Å². The van der Waals surface area contributed by atoms with Gasteiger partial charge in [-0.15, -0.1) is 0 Å². The van der Waals surface area contributed by atoms with Crippen molar-refractivity contribution in [3.8, 4) is 11.5 Å². The number of phenolic OH excluding ortho intramolecular Hbond substituents is 2. The van der Waals surface area contributed by atoms with E-state index in [9.17, 15) is 10.2 Å². The standard InChI is InChI=1S/C19H20O2/c1-14(2)8-11-18-16(12-17(20)13-19(18)21)10-9-15-6-4-3-5-7-15/h3-10,12-13,20-21H,11H2,1-2H3/b10-9+. The Balaban J connectivity index is 2.37. The molecule has 0 saturated heterocycles. The Morgan fingerprint density at radius 2 is 1.71 bits per heavy atom. The molecule has 0 amide bonds. The SMILES string of the molecule is CC(C)=CCc1c(O)cc(O)cc1/C=C/c1ccccc1. The predicted molar refractivity (Wildman–Crippen MR) is 88.3 cm³/mol. The van der Waals surface area contributed by atoms with Gasteiger partial charge in [-0.05, 0) is 37.5 Å². The molecule has 0 bridgehead atoms. The fourth-order valence-corrected chi connectivity index (χ4v) is 2.09. The summed E-state index contributed by atoms with van der Waals surface area (Å²) in [5.74, 6) is 0.196. The average molecular weight is 280 g/mol. The number of hydrogen-bond acceptors (Lipinski definition) is 2. The first-order chi connectivity index (χ1) is 10.1. The van der Waals surface area contributed by atoms with Gasteiger partial charge in [-0.3, -0.25) is 0 Å². The molecule has 2 rings (SSSR count). The van der Waals surface area contributed by atoms with Crippen molar-refractivity contribution in [1.29, 1.82) is 0 Å². The molecule has 0 aliphatic heterocycles. The maximum Gasteiger partial charge on any atom is 0.123 e. The lowest BCUT2D eigenvalue weighted by Crippen LogP contribution is -1.89. The van der Waals surface area contributed by atoms with Crippen LogP contribution in [0.15, 0.2) is 54.1 Å². The smallest absolute Gasteiger partial charge is 0.123 e. The molecule has 0 fully saturated rings. The first kappa shape index (κ1) is 14.9. The highest BCUT2D eigenvalue weighted by molar-refractivity contribution is 5.73. The van der Waals surface area contributed by atoms with Crippen LogP contribution in [0.1, 0.15) is 30.5 Å². The van der Waals surface area contributed by atoms with Crippen molar-refractivity contribution in [2.75, 3.05) is 0 Å². The van der Waals surface area contributed by atoms with Gasteiger partial charge in [-0.25, -0.2) is 0 Å². The Hall–Kier alpha value is -2.48. The van der Waals surface area contributed by atoms with Crippen molar-refractivity contribution in [3.63, 3.8) is 0 Å². The quantitative estimate of drug-likeness (QED) is 0.625. The first-order valence-electron chi connectivity index (χ1n) is 6.97. The monoisotopic (exact) mass is 280 g/mol. The third-order valence-corrected chi connectivity index (χ3v) is 3.21. The number of aromatic hydroxyl groups is 2. The lowest BCUT2D eigenvalue weighted by atomic mass is 10.0. The maximum absolute atomic E-state index is 10.1. The summed E-state index contributed by atoms with van der Waals surface area (Å²) in [4.78, 5) is 0. The Morgan fingerprint density at radius 3 is 2.38 bits per heavy atom. The van der Waals surface area contributed by atoms with Gasteiger partial charge in [-0.1, -0.05) is 54.1 Å². The lowest BCUT2D eigenvalue weighted by Gasteiger charge is -2.08. The van der Waals surface area contributed by atoms with Gasteiger partial charge in [-0.2, -0.15) is 0 Å². The van der Waals surface area contributed by atoms with Gasteiger partial charge in [0.15, 0.2) is 0 Å². The molecule has 0 heterocycles. The zero-order valence-corrected chi connectivity index (χ0v) is 12.4. The van der Waals surface area contributed by atoms with Crippen LogP contribution in [0.5, 0.6) is 11.5 Å². The minimum absolute atomic E-state index is 0.0705. The van der Waals surface area contributed by atoms with Gasteiger partial charge >= 0.3 is 0 Å². The van der Waals surface area contributed by atoms with E-state index < -0.39 is 0 Å². The second-order valence-corrected chi connectivity index (χ2v) is 5.26. The van der Waals surface area contributed by atoms with Crippen LogP contribution in [0, 0.1) is 0 Å². The van der Waals surface area contributed by atoms with Crippen LogP contribution >= 0.6 is 0 Å². The van der Waals surface area contributed by atoms with Gasteiger partial charge in [0.05, 0.1) is 0 Å². The minimum Gasteiger partial charge on any atom is -0.508 e. The first-order valence-corrected chi connectivity index (χ1v) is 6.97. The Morgan fingerprint density at radius 1 is 1.00 bits per heavy atom. The van der Waals surface area contributed by atoms with Crippen molar-refractivity contribution < 1.29 is 10.2 Å². The summed E-state index contributed by atoms with van der Waals surface area (Å²) in [7, 11) is 0. The molecule has 2 nitrogen and oxygen atoms in total. The van der Waals surface area contributed by atoms with E-state index in [1.54, 1.807) is 6.07 Å². The van der Waals surface area contributed by atoms with Crippen molar-refractivity contribution in [2.24, 2.45) is 0 Å². The average Bonchev–Trinajstić information content (AvgIpc) is 2.44. The van der Waals surface area contributed by atoms with Gasteiger partial charge < -0.3 is 10.2 Å². The third-order valence-electron chi connectivity index (χ3n) is 3.21. The fraction of sp³-hybridized carbons (Fsp3) is 0.158. The van der Waals surface area contributed by atoms with Crippen LogP contribution in [0.2, 0.25) is 0 Å². The van der Waals surface area contributed by atoms with E-state index in [1.807, 2.05) is 56.3 Å². The van der Waals surface area contributed by atoms with Gasteiger partial charge in [0.2, 0.25) is 0 Å². The molecular weight excluding hydrogens is 260 g/mol. The predicted octanol–water partition coefficient (Wildman–Crippen LogP) is 4.78. The second-order valence-electron chi connectivity index (χ2n) is 5.26. The molecular formula is C19H20O2. The molecule has 2 heteroatoms. The summed E-state index contributed by atoms with van der Waals surface area (Å²) in [5, 5.41) is 19.7. The molecule has 108 valence electrons. The topological polar surface area (TPSA) is 40.5 Å². The highest BCUT2D eigenvalue weighted by Gasteiger charge is 2.07. The number of allylic oxidation sites excluding steroid dienone is 2. The molecule has 2 aromatic carbocycles. The summed E-state index contributed by atoms with van der Waals surface area (Å²) < 4.78 is 0. The summed E-state index contributed by atoms with van der Waals surface area (Å²) in [6.45, 7) is 4.05. The normalized spacial score (nSPS) is 10.8. The molecule has 21 heavy (non-hydrogen) atoms. The number of benzene rings is 2. The van der Waals surface area contributed by atoms with Gasteiger partial charge in [0.25, 0.3) is 0 Å². The van der Waals surface area contributed by atoms with Crippen LogP contribution in [0.25, 0.3) is 12.2 Å². The van der Waals surface area contributed by atoms with Crippen LogP contribution in [-0.2, 0) is 6.42 Å². The number of phenols is 2. The Labute approximate surface area is 125 Å². The Kier molecular flexibility index (Phi) is 4.83. The van der Waals surface area contributed by atoms with Crippen LogP contribution in [-0.4, -0.2) is 10.2 Å². The summed E-state index contributed by atoms with van der Waals surface area (Å²) in [6, 6.07) is 13.0. The van der Waals surface area contributed by atoms with Crippen molar-refractivity contribution >= 4 is 12.2 Å². The second kappa shape index (κ2) is 6.80. The van der Waals surface area contributed by atoms with E-state index in [4.69, 9.17) is 0 Å². The highest BCUT2D eigenvalue weighted by Crippen LogP contribution is 2.29. The van der Waals surface area contributed by atoms with Crippen molar-refractivity contribution in [1.82, 2.24) is 0 Å². The van der Waals surface area contributed by atoms with E-state index >= 15 is 0 Å². The third kappa shape index (κ3) is 4.25. The molecule has 0 aromatic heterocycles. The summed E-state index contributed by atoms with van der Waals surface area (Å²) in [6.07, 6.45) is 6.60. The van der Waals surface area contributed by atoms with E-state index in [-0.39, 0.29) is 11.5 Å². The molecule has 0 radical (unpaired) electrons. The minimum atomic E-state index is 0.0705. The highest BCUT2D eigenvalue weighted by atomic mass is 16.3. The molecule has 0 aliphatic rings. The van der Waals surface area contributed by atoms with Crippen LogP contribution < -0.4 is 0 Å². The molecule has 0 unspecified atom stereocenters. The van der Waals surface area contributed by atoms with Gasteiger partial charge in [0, 0.05) is 11.6 Å². The van der Waals surface area contributed by atoms with Crippen LogP contribution in [0.3, 0.4) is 0 Å². The molecule has 0 saturated carbocycles. The van der Waals surface area contributed by atoms with E-state index in [0.717, 1.165) is 16.7 Å². The van der Waals surface area contributed by atoms with E-state index in [0.29, 0.717) is 6.42 Å². The summed E-state index contributed by atoms with van der Waals surface area (Å²) >= 11 is 0. The lowest BCUT2D eigenvalue weighted by molar-refractivity contribution is 0.446. The van der Waals surface area contributed by atoms with Crippen molar-refractivity contribution in [3.05, 3.63) is 70.8 Å². The Bertz CT molecular complexity index is 663. The largest absolute Gasteiger partial charge is 0.508 e. The zero-order valence-electron chi connectivity index (χ0n) is 12.4. The fourth-order valence-electron chi connectivity index (χ4n) is 2.09. The van der Waals surface area contributed by atoms with E-state index in [1.165, 1.54) is 11.6 Å².